The molecule has 5 nitrogen and oxygen atoms in total. The third kappa shape index (κ3) is 4.27. The molecule has 2 aromatic heterocycles. The predicted molar refractivity (Wildman–Crippen MR) is 130 cm³/mol. The van der Waals surface area contributed by atoms with Gasteiger partial charge in [-0.05, 0) is 58.5 Å². The van der Waals surface area contributed by atoms with Gasteiger partial charge in [-0.25, -0.2) is 4.98 Å². The quantitative estimate of drug-likeness (QED) is 0.302. The van der Waals surface area contributed by atoms with E-state index in [0.717, 1.165) is 33.5 Å². The van der Waals surface area contributed by atoms with E-state index in [1.807, 2.05) is 42.6 Å². The maximum atomic E-state index is 6.19. The number of aromatic amines is 1. The highest BCUT2D eigenvalue weighted by Gasteiger charge is 2.10. The highest BCUT2D eigenvalue weighted by Crippen LogP contribution is 2.30. The third-order valence-corrected chi connectivity index (χ3v) is 5.47. The monoisotopic (exact) mass is 420 g/mol. The van der Waals surface area contributed by atoms with Gasteiger partial charge in [0.05, 0.1) is 5.69 Å². The van der Waals surface area contributed by atoms with Gasteiger partial charge in [0.25, 0.3) is 0 Å². The van der Waals surface area contributed by atoms with E-state index in [0.29, 0.717) is 24.7 Å². The summed E-state index contributed by atoms with van der Waals surface area (Å²) in [4.78, 5) is 7.63. The first-order valence-electron chi connectivity index (χ1n) is 10.6. The zero-order valence-electron chi connectivity index (χ0n) is 17.6. The van der Waals surface area contributed by atoms with E-state index in [4.69, 9.17) is 10.5 Å². The third-order valence-electron chi connectivity index (χ3n) is 5.47. The number of hydrogen-bond acceptors (Lipinski definition) is 4. The second-order valence-corrected chi connectivity index (χ2v) is 7.67. The Labute approximate surface area is 186 Å². The number of nitrogen functional groups attached to an aromatic ring is 1. The van der Waals surface area contributed by atoms with Crippen molar-refractivity contribution < 1.29 is 4.74 Å². The van der Waals surface area contributed by atoms with E-state index in [1.54, 1.807) is 6.20 Å². The van der Waals surface area contributed by atoms with Crippen LogP contribution >= 0.6 is 0 Å². The molecule has 0 aliphatic rings. The van der Waals surface area contributed by atoms with Crippen molar-refractivity contribution in [3.8, 4) is 16.9 Å². The standard InChI is InChI=1S/C27H24N4O/c28-24-7-4-13-30-27(24)31-17-23-15-21(22-9-8-20-12-14-29-25(20)16-22)10-11-26(23)32-18-19-5-2-1-3-6-19/h1-16,29H,17-18,28H2,(H,30,31). The smallest absolute Gasteiger partial charge is 0.149 e. The van der Waals surface area contributed by atoms with Gasteiger partial charge in [0.15, 0.2) is 0 Å². The Hall–Kier alpha value is -4.25. The number of hydrogen-bond donors (Lipinski definition) is 3. The molecule has 0 radical (unpaired) electrons. The first-order chi connectivity index (χ1) is 15.8. The number of pyridine rings is 1. The molecule has 0 fully saturated rings. The van der Waals surface area contributed by atoms with Gasteiger partial charge in [-0.1, -0.05) is 48.5 Å². The van der Waals surface area contributed by atoms with Crippen molar-refractivity contribution in [2.45, 2.75) is 13.2 Å². The van der Waals surface area contributed by atoms with Gasteiger partial charge in [-0.15, -0.1) is 0 Å². The van der Waals surface area contributed by atoms with Crippen LogP contribution in [0.1, 0.15) is 11.1 Å². The summed E-state index contributed by atoms with van der Waals surface area (Å²) in [5.74, 6) is 1.50. The highest BCUT2D eigenvalue weighted by atomic mass is 16.5. The summed E-state index contributed by atoms with van der Waals surface area (Å²) in [6.07, 6.45) is 3.69. The molecule has 0 saturated carbocycles. The molecule has 0 atom stereocenters. The molecule has 3 aromatic carbocycles. The van der Waals surface area contributed by atoms with Crippen LogP contribution in [-0.4, -0.2) is 9.97 Å². The van der Waals surface area contributed by atoms with Crippen molar-refractivity contribution in [2.75, 3.05) is 11.1 Å². The van der Waals surface area contributed by atoms with Crippen LogP contribution in [0.4, 0.5) is 11.5 Å². The molecule has 5 heteroatoms. The highest BCUT2D eigenvalue weighted by molar-refractivity contribution is 5.85. The number of H-pyrrole nitrogens is 1. The fourth-order valence-electron chi connectivity index (χ4n) is 3.75. The lowest BCUT2D eigenvalue weighted by Crippen LogP contribution is -2.07. The minimum atomic E-state index is 0.507. The summed E-state index contributed by atoms with van der Waals surface area (Å²) < 4.78 is 6.19. The van der Waals surface area contributed by atoms with Gasteiger partial charge in [-0.3, -0.25) is 0 Å². The summed E-state index contributed by atoms with van der Waals surface area (Å²) in [7, 11) is 0. The number of fused-ring (bicyclic) bond motifs is 1. The van der Waals surface area contributed by atoms with Crippen LogP contribution in [-0.2, 0) is 13.2 Å². The van der Waals surface area contributed by atoms with Gasteiger partial charge in [0.1, 0.15) is 18.2 Å². The zero-order chi connectivity index (χ0) is 21.8. The Morgan fingerprint density at radius 2 is 1.72 bits per heavy atom. The van der Waals surface area contributed by atoms with E-state index in [1.165, 1.54) is 5.39 Å². The molecule has 158 valence electrons. The lowest BCUT2D eigenvalue weighted by molar-refractivity contribution is 0.303. The number of nitrogens with two attached hydrogens (primary N) is 1. The minimum absolute atomic E-state index is 0.507. The van der Waals surface area contributed by atoms with Crippen molar-refractivity contribution in [1.82, 2.24) is 9.97 Å². The average molecular weight is 421 g/mol. The Balaban J connectivity index is 1.45. The molecule has 0 aliphatic carbocycles. The SMILES string of the molecule is Nc1cccnc1NCc1cc(-c2ccc3cc[nH]c3c2)ccc1OCc1ccccc1. The molecule has 0 unspecified atom stereocenters. The number of anilines is 2. The number of nitrogens with one attached hydrogen (secondary N) is 2. The van der Waals surface area contributed by atoms with Gasteiger partial charge in [0.2, 0.25) is 0 Å². The van der Waals surface area contributed by atoms with E-state index < -0.39 is 0 Å². The van der Waals surface area contributed by atoms with Crippen LogP contribution < -0.4 is 15.8 Å². The molecule has 32 heavy (non-hydrogen) atoms. The maximum Gasteiger partial charge on any atom is 0.149 e. The number of rotatable bonds is 7. The van der Waals surface area contributed by atoms with Crippen molar-refractivity contribution in [2.24, 2.45) is 0 Å². The molecule has 4 N–H and O–H groups in total. The van der Waals surface area contributed by atoms with Crippen molar-refractivity contribution >= 4 is 22.4 Å². The molecular formula is C27H24N4O. The van der Waals surface area contributed by atoms with Crippen LogP contribution in [0.25, 0.3) is 22.0 Å². The topological polar surface area (TPSA) is 76.0 Å². The zero-order valence-corrected chi connectivity index (χ0v) is 17.6. The lowest BCUT2D eigenvalue weighted by Gasteiger charge is -2.15. The molecule has 5 aromatic rings. The van der Waals surface area contributed by atoms with Gasteiger partial charge in [-0.2, -0.15) is 0 Å². The second kappa shape index (κ2) is 8.86. The summed E-state index contributed by atoms with van der Waals surface area (Å²) in [6, 6.07) is 28.7. The predicted octanol–water partition coefficient (Wildman–Crippen LogP) is 6.00. The molecule has 0 saturated heterocycles. The molecule has 0 bridgehead atoms. The molecule has 0 amide bonds. The fraction of sp³-hybridized carbons (Fsp3) is 0.0741. The first-order valence-corrected chi connectivity index (χ1v) is 10.6. The molecule has 2 heterocycles. The van der Waals surface area contributed by atoms with Gasteiger partial charge in [0, 0.05) is 30.0 Å². The van der Waals surface area contributed by atoms with Crippen LogP contribution in [0.2, 0.25) is 0 Å². The molecule has 0 aliphatic heterocycles. The van der Waals surface area contributed by atoms with Gasteiger partial charge >= 0.3 is 0 Å². The van der Waals surface area contributed by atoms with E-state index in [9.17, 15) is 0 Å². The molecule has 0 spiro atoms. The molecule has 5 rings (SSSR count). The number of benzene rings is 3. The second-order valence-electron chi connectivity index (χ2n) is 7.67. The number of aromatic nitrogens is 2. The molecular weight excluding hydrogens is 396 g/mol. The van der Waals surface area contributed by atoms with E-state index >= 15 is 0 Å². The number of nitrogens with zero attached hydrogens (tertiary/aromatic N) is 1. The van der Waals surface area contributed by atoms with Crippen molar-refractivity contribution in [3.05, 3.63) is 108 Å². The Kier molecular flexibility index (Phi) is 5.45. The minimum Gasteiger partial charge on any atom is -0.489 e. The normalized spacial score (nSPS) is 10.9. The Morgan fingerprint density at radius 1 is 0.875 bits per heavy atom. The van der Waals surface area contributed by atoms with Crippen LogP contribution in [0.15, 0.2) is 97.3 Å². The van der Waals surface area contributed by atoms with Crippen LogP contribution in [0.3, 0.4) is 0 Å². The first kappa shape index (κ1) is 19.7. The van der Waals surface area contributed by atoms with Crippen LogP contribution in [0.5, 0.6) is 5.75 Å². The Morgan fingerprint density at radius 3 is 2.59 bits per heavy atom. The lowest BCUT2D eigenvalue weighted by atomic mass is 10.0. The largest absolute Gasteiger partial charge is 0.489 e. The summed E-state index contributed by atoms with van der Waals surface area (Å²) in [5, 5.41) is 4.55. The maximum absolute atomic E-state index is 6.19. The summed E-state index contributed by atoms with van der Waals surface area (Å²) in [5.41, 5.74) is 12.2. The van der Waals surface area contributed by atoms with E-state index in [2.05, 4.69) is 63.8 Å². The van der Waals surface area contributed by atoms with Gasteiger partial charge < -0.3 is 20.8 Å². The fourth-order valence-corrected chi connectivity index (χ4v) is 3.75. The summed E-state index contributed by atoms with van der Waals surface area (Å²) >= 11 is 0. The Bertz CT molecular complexity index is 1340. The van der Waals surface area contributed by atoms with Crippen LogP contribution in [0, 0.1) is 0 Å². The van der Waals surface area contributed by atoms with E-state index in [-0.39, 0.29) is 0 Å². The van der Waals surface area contributed by atoms with Crippen molar-refractivity contribution in [3.63, 3.8) is 0 Å². The number of ether oxygens (including phenoxy) is 1. The van der Waals surface area contributed by atoms with Crippen molar-refractivity contribution in [1.29, 1.82) is 0 Å². The summed E-state index contributed by atoms with van der Waals surface area (Å²) in [6.45, 7) is 1.05. The average Bonchev–Trinajstić information content (AvgIpc) is 3.31.